The first kappa shape index (κ1) is 19.4. The predicted octanol–water partition coefficient (Wildman–Crippen LogP) is 3.37. The first-order valence-electron chi connectivity index (χ1n) is 8.84. The Kier molecular flexibility index (Phi) is 5.22. The Morgan fingerprint density at radius 1 is 1.21 bits per heavy atom. The van der Waals surface area contributed by atoms with Crippen LogP contribution in [0.15, 0.2) is 18.2 Å². The van der Waals surface area contributed by atoms with E-state index in [0.29, 0.717) is 47.0 Å². The largest absolute Gasteiger partial charge is 0.492 e. The van der Waals surface area contributed by atoms with E-state index in [2.05, 4.69) is 15.0 Å². The van der Waals surface area contributed by atoms with Crippen molar-refractivity contribution in [3.63, 3.8) is 0 Å². The normalized spacial score (nSPS) is 16.6. The summed E-state index contributed by atoms with van der Waals surface area (Å²) >= 11 is 13.8. The van der Waals surface area contributed by atoms with Crippen molar-refractivity contribution in [2.24, 2.45) is 0 Å². The van der Waals surface area contributed by atoms with E-state index < -0.39 is 0 Å². The smallest absolute Gasteiger partial charge is 0.230 e. The minimum absolute atomic E-state index is 0.0721. The minimum Gasteiger partial charge on any atom is -0.492 e. The molecule has 1 saturated heterocycles. The molecule has 1 aliphatic heterocycles. The van der Waals surface area contributed by atoms with Crippen molar-refractivity contribution in [1.82, 2.24) is 24.4 Å². The SMILES string of the molecule is CC(=O)N1CCN([C@H](c2ccc(Cl)c(Cl)c2)c2sc3nc(C)nn3c2O)CC1. The summed E-state index contributed by atoms with van der Waals surface area (Å²) in [5.41, 5.74) is 0.919. The first-order chi connectivity index (χ1) is 13.3. The molecule has 10 heteroatoms. The maximum atomic E-state index is 11.7. The second-order valence-electron chi connectivity index (χ2n) is 6.76. The van der Waals surface area contributed by atoms with E-state index in [0.717, 1.165) is 10.4 Å². The molecule has 1 aliphatic rings. The summed E-state index contributed by atoms with van der Waals surface area (Å²) in [7, 11) is 0. The number of aryl methyl sites for hydroxylation is 1. The highest BCUT2D eigenvalue weighted by Crippen LogP contribution is 2.41. The highest BCUT2D eigenvalue weighted by molar-refractivity contribution is 7.17. The van der Waals surface area contributed by atoms with Crippen LogP contribution in [0.1, 0.15) is 29.2 Å². The Hall–Kier alpha value is -1.87. The number of hydrogen-bond donors (Lipinski definition) is 1. The molecule has 148 valence electrons. The van der Waals surface area contributed by atoms with Crippen LogP contribution < -0.4 is 0 Å². The summed E-state index contributed by atoms with van der Waals surface area (Å²) in [6, 6.07) is 5.26. The molecule has 1 N–H and O–H groups in total. The summed E-state index contributed by atoms with van der Waals surface area (Å²) in [6.45, 7) is 5.99. The fraction of sp³-hybridized carbons (Fsp3) is 0.389. The number of carbonyl (C=O) groups is 1. The molecular weight excluding hydrogens is 421 g/mol. The van der Waals surface area contributed by atoms with Crippen molar-refractivity contribution >= 4 is 45.4 Å². The Morgan fingerprint density at radius 2 is 1.93 bits per heavy atom. The Bertz CT molecular complexity index is 1040. The highest BCUT2D eigenvalue weighted by Gasteiger charge is 2.32. The summed E-state index contributed by atoms with van der Waals surface area (Å²) in [6.07, 6.45) is 0. The number of fused-ring (bicyclic) bond motifs is 1. The van der Waals surface area contributed by atoms with Crippen molar-refractivity contribution in [2.45, 2.75) is 19.9 Å². The van der Waals surface area contributed by atoms with Gasteiger partial charge in [-0.3, -0.25) is 9.69 Å². The molecule has 3 heterocycles. The maximum absolute atomic E-state index is 11.7. The van der Waals surface area contributed by atoms with Crippen LogP contribution in [0.3, 0.4) is 0 Å². The molecule has 0 unspecified atom stereocenters. The lowest BCUT2D eigenvalue weighted by molar-refractivity contribution is -0.130. The minimum atomic E-state index is -0.238. The van der Waals surface area contributed by atoms with Gasteiger partial charge in [-0.15, -0.1) is 5.10 Å². The van der Waals surface area contributed by atoms with Crippen LogP contribution >= 0.6 is 34.5 Å². The number of hydrogen-bond acceptors (Lipinski definition) is 6. The molecule has 0 aliphatic carbocycles. The van der Waals surface area contributed by atoms with E-state index >= 15 is 0 Å². The summed E-state index contributed by atoms with van der Waals surface area (Å²) in [5.74, 6) is 0.753. The van der Waals surface area contributed by atoms with Crippen LogP contribution in [-0.2, 0) is 4.79 Å². The monoisotopic (exact) mass is 439 g/mol. The number of carbonyl (C=O) groups excluding carboxylic acids is 1. The molecule has 7 nitrogen and oxygen atoms in total. The van der Waals surface area contributed by atoms with E-state index in [-0.39, 0.29) is 17.8 Å². The number of halogens is 2. The molecule has 1 atom stereocenters. The lowest BCUT2D eigenvalue weighted by atomic mass is 10.0. The number of aromatic nitrogens is 3. The first-order valence-corrected chi connectivity index (χ1v) is 10.4. The third-order valence-corrected chi connectivity index (χ3v) is 6.75. The molecule has 1 fully saturated rings. The van der Waals surface area contributed by atoms with Crippen LogP contribution in [0, 0.1) is 6.92 Å². The summed E-state index contributed by atoms with van der Waals surface area (Å²) in [4.78, 5) is 21.5. The van der Waals surface area contributed by atoms with E-state index in [1.54, 1.807) is 19.9 Å². The van der Waals surface area contributed by atoms with Gasteiger partial charge in [0.25, 0.3) is 0 Å². The van der Waals surface area contributed by atoms with Crippen molar-refractivity contribution < 1.29 is 9.90 Å². The molecule has 1 amide bonds. The number of thiazole rings is 1. The lowest BCUT2D eigenvalue weighted by Gasteiger charge is -2.38. The summed E-state index contributed by atoms with van der Waals surface area (Å²) < 4.78 is 1.46. The van der Waals surface area contributed by atoms with Gasteiger partial charge in [-0.1, -0.05) is 40.6 Å². The maximum Gasteiger partial charge on any atom is 0.230 e. The van der Waals surface area contributed by atoms with Crippen LogP contribution in [0.2, 0.25) is 10.0 Å². The van der Waals surface area contributed by atoms with Gasteiger partial charge in [-0.25, -0.2) is 4.98 Å². The quantitative estimate of drug-likeness (QED) is 0.676. The van der Waals surface area contributed by atoms with Crippen molar-refractivity contribution in [3.8, 4) is 5.88 Å². The van der Waals surface area contributed by atoms with Gasteiger partial charge in [0, 0.05) is 33.1 Å². The summed E-state index contributed by atoms with van der Waals surface area (Å²) in [5, 5.41) is 16.1. The average Bonchev–Trinajstić information content (AvgIpc) is 3.16. The zero-order valence-corrected chi connectivity index (χ0v) is 17.7. The Morgan fingerprint density at radius 3 is 2.54 bits per heavy atom. The van der Waals surface area contributed by atoms with Crippen molar-refractivity contribution in [2.75, 3.05) is 26.2 Å². The molecule has 1 aromatic carbocycles. The Labute approximate surface area is 176 Å². The van der Waals surface area contributed by atoms with Gasteiger partial charge in [-0.05, 0) is 24.6 Å². The van der Waals surface area contributed by atoms with E-state index in [4.69, 9.17) is 23.2 Å². The molecule has 2 aromatic heterocycles. The third kappa shape index (κ3) is 3.45. The van der Waals surface area contributed by atoms with Crippen molar-refractivity contribution in [3.05, 3.63) is 44.5 Å². The fourth-order valence-corrected chi connectivity index (χ4v) is 5.00. The fourth-order valence-electron chi connectivity index (χ4n) is 3.53. The second-order valence-corrected chi connectivity index (χ2v) is 8.58. The standard InChI is InChI=1S/C18H19Cl2N5O2S/c1-10-21-18-25(22-10)17(27)16(28-18)15(12-3-4-13(19)14(20)9-12)24-7-5-23(6-8-24)11(2)26/h3-4,9,15,27H,5-8H2,1-2H3/t15-/m1/s1. The van der Waals surface area contributed by atoms with Crippen LogP contribution in [0.4, 0.5) is 0 Å². The molecular formula is C18H19Cl2N5O2S. The molecule has 28 heavy (non-hydrogen) atoms. The van der Waals surface area contributed by atoms with E-state index in [1.165, 1.54) is 15.9 Å². The number of amides is 1. The van der Waals surface area contributed by atoms with Gasteiger partial charge in [0.1, 0.15) is 5.82 Å². The third-order valence-electron chi connectivity index (χ3n) is 4.94. The van der Waals surface area contributed by atoms with E-state index in [1.807, 2.05) is 17.0 Å². The van der Waals surface area contributed by atoms with E-state index in [9.17, 15) is 9.90 Å². The van der Waals surface area contributed by atoms with Gasteiger partial charge in [0.2, 0.25) is 16.7 Å². The van der Waals surface area contributed by atoms with Crippen LogP contribution in [0.25, 0.3) is 4.96 Å². The topological polar surface area (TPSA) is 74.0 Å². The molecule has 0 bridgehead atoms. The lowest BCUT2D eigenvalue weighted by Crippen LogP contribution is -2.49. The zero-order chi connectivity index (χ0) is 20.0. The predicted molar refractivity (Wildman–Crippen MR) is 109 cm³/mol. The number of benzene rings is 1. The average molecular weight is 440 g/mol. The molecule has 0 spiro atoms. The molecule has 4 rings (SSSR count). The zero-order valence-electron chi connectivity index (χ0n) is 15.4. The number of rotatable bonds is 3. The van der Waals surface area contributed by atoms with Crippen LogP contribution in [-0.4, -0.2) is 61.6 Å². The van der Waals surface area contributed by atoms with Gasteiger partial charge < -0.3 is 10.0 Å². The van der Waals surface area contributed by atoms with Gasteiger partial charge in [0.15, 0.2) is 0 Å². The molecule has 3 aromatic rings. The van der Waals surface area contributed by atoms with Gasteiger partial charge >= 0.3 is 0 Å². The number of nitrogens with zero attached hydrogens (tertiary/aromatic N) is 5. The van der Waals surface area contributed by atoms with Crippen LogP contribution in [0.5, 0.6) is 5.88 Å². The molecule has 0 saturated carbocycles. The number of aromatic hydroxyl groups is 1. The Balaban J connectivity index is 1.76. The van der Waals surface area contributed by atoms with Gasteiger partial charge in [0.05, 0.1) is 21.0 Å². The van der Waals surface area contributed by atoms with Crippen molar-refractivity contribution in [1.29, 1.82) is 0 Å². The van der Waals surface area contributed by atoms with Gasteiger partial charge in [-0.2, -0.15) is 4.52 Å². The second kappa shape index (κ2) is 7.51. The number of piperazine rings is 1. The molecule has 0 radical (unpaired) electrons. The highest BCUT2D eigenvalue weighted by atomic mass is 35.5.